The van der Waals surface area contributed by atoms with Gasteiger partial charge >= 0.3 is 0 Å². The van der Waals surface area contributed by atoms with Crippen LogP contribution in [0.15, 0.2) is 40.8 Å². The molecule has 1 aliphatic carbocycles. The molecule has 1 saturated heterocycles. The maximum Gasteiger partial charge on any atom is 0.184 e. The first-order chi connectivity index (χ1) is 11.0. The molecule has 4 unspecified atom stereocenters. The van der Waals surface area contributed by atoms with E-state index in [0.29, 0.717) is 11.2 Å². The molecule has 4 atom stereocenters. The van der Waals surface area contributed by atoms with Gasteiger partial charge in [0.05, 0.1) is 22.7 Å². The lowest BCUT2D eigenvalue weighted by molar-refractivity contribution is 0.333. The van der Waals surface area contributed by atoms with Crippen LogP contribution in [0.4, 0.5) is 0 Å². The van der Waals surface area contributed by atoms with E-state index in [2.05, 4.69) is 31.9 Å². The second kappa shape index (κ2) is 6.91. The molecule has 3 rings (SSSR count). The van der Waals surface area contributed by atoms with Crippen LogP contribution in [0.3, 0.4) is 0 Å². The summed E-state index contributed by atoms with van der Waals surface area (Å²) < 4.78 is 0. The van der Waals surface area contributed by atoms with Crippen molar-refractivity contribution >= 4 is 28.5 Å². The number of halogens is 1. The minimum Gasteiger partial charge on any atom is -0.404 e. The Kier molecular flexibility index (Phi) is 5.09. The summed E-state index contributed by atoms with van der Waals surface area (Å²) in [4.78, 5) is 4.80. The van der Waals surface area contributed by atoms with Gasteiger partial charge in [-0.05, 0) is 25.2 Å². The van der Waals surface area contributed by atoms with Crippen LogP contribution in [-0.2, 0) is 0 Å². The van der Waals surface area contributed by atoms with Crippen LogP contribution in [0, 0.1) is 5.92 Å². The molecule has 0 spiro atoms. The lowest BCUT2D eigenvalue weighted by atomic mass is 9.92. The molecular weight excluding hydrogens is 328 g/mol. The Morgan fingerprint density at radius 1 is 1.65 bits per heavy atom. The van der Waals surface area contributed by atoms with Crippen LogP contribution < -0.4 is 11.2 Å². The maximum atomic E-state index is 6.28. The summed E-state index contributed by atoms with van der Waals surface area (Å²) in [5.74, 6) is 0.497. The third kappa shape index (κ3) is 3.19. The lowest BCUT2D eigenvalue weighted by Gasteiger charge is -2.22. The monoisotopic (exact) mass is 352 g/mol. The normalized spacial score (nSPS) is 33.7. The molecule has 2 aliphatic heterocycles. The highest BCUT2D eigenvalue weighted by Gasteiger charge is 2.39. The van der Waals surface area contributed by atoms with Crippen molar-refractivity contribution in [2.45, 2.75) is 56.2 Å². The van der Waals surface area contributed by atoms with Gasteiger partial charge in [-0.15, -0.1) is 11.6 Å². The molecule has 3 N–H and O–H groups in total. The number of alkyl halides is 1. The van der Waals surface area contributed by atoms with E-state index in [9.17, 15) is 0 Å². The molecule has 0 aromatic carbocycles. The SMILES string of the molecule is C=C1/C(=C/N)C(C(C)CCC)NN1C1=NC2=CCC(Cl)CC2S1. The Hall–Kier alpha value is -0.910. The van der Waals surface area contributed by atoms with Crippen LogP contribution in [0.5, 0.6) is 0 Å². The highest BCUT2D eigenvalue weighted by atomic mass is 35.5. The maximum absolute atomic E-state index is 6.28. The van der Waals surface area contributed by atoms with Crippen LogP contribution in [0.2, 0.25) is 0 Å². The summed E-state index contributed by atoms with van der Waals surface area (Å²) in [5.41, 5.74) is 12.6. The van der Waals surface area contributed by atoms with Crippen LogP contribution in [0.25, 0.3) is 0 Å². The summed E-state index contributed by atoms with van der Waals surface area (Å²) in [5, 5.41) is 3.57. The van der Waals surface area contributed by atoms with Crippen molar-refractivity contribution in [1.82, 2.24) is 10.4 Å². The van der Waals surface area contributed by atoms with Gasteiger partial charge in [0.1, 0.15) is 0 Å². The smallest absolute Gasteiger partial charge is 0.184 e. The average molecular weight is 353 g/mol. The Morgan fingerprint density at radius 3 is 3.13 bits per heavy atom. The Bertz CT molecular complexity index is 583. The molecule has 0 aromatic rings. The van der Waals surface area contributed by atoms with Gasteiger partial charge in [-0.3, -0.25) is 5.01 Å². The molecule has 0 radical (unpaired) electrons. The number of hydrogen-bond acceptors (Lipinski definition) is 5. The number of nitrogens with two attached hydrogens (primary N) is 1. The number of hydrogen-bond donors (Lipinski definition) is 2. The second-order valence-corrected chi connectivity index (χ2v) is 8.26. The van der Waals surface area contributed by atoms with Crippen molar-refractivity contribution < 1.29 is 0 Å². The molecule has 2 heterocycles. The molecule has 0 saturated carbocycles. The molecule has 6 heteroatoms. The van der Waals surface area contributed by atoms with Crippen molar-refractivity contribution in [3.63, 3.8) is 0 Å². The quantitative estimate of drug-likeness (QED) is 0.760. The number of nitrogens with zero attached hydrogens (tertiary/aromatic N) is 2. The van der Waals surface area contributed by atoms with Crippen molar-refractivity contribution in [1.29, 1.82) is 0 Å². The molecule has 4 nitrogen and oxygen atoms in total. The van der Waals surface area contributed by atoms with Gasteiger partial charge in [-0.1, -0.05) is 44.7 Å². The van der Waals surface area contributed by atoms with E-state index in [4.69, 9.17) is 22.3 Å². The Balaban J connectivity index is 1.78. The number of aliphatic imine (C=N–C) groups is 1. The number of allylic oxidation sites excluding steroid dienone is 1. The van der Waals surface area contributed by atoms with Gasteiger partial charge in [0.2, 0.25) is 0 Å². The second-order valence-electron chi connectivity index (χ2n) is 6.48. The highest BCUT2D eigenvalue weighted by Crippen LogP contribution is 2.41. The fourth-order valence-electron chi connectivity index (χ4n) is 3.44. The van der Waals surface area contributed by atoms with Crippen molar-refractivity contribution in [3.05, 3.63) is 35.8 Å². The van der Waals surface area contributed by atoms with Crippen molar-refractivity contribution in [2.75, 3.05) is 0 Å². The van der Waals surface area contributed by atoms with Gasteiger partial charge in [-0.25, -0.2) is 10.4 Å². The summed E-state index contributed by atoms with van der Waals surface area (Å²) in [7, 11) is 0. The molecule has 0 aromatic heterocycles. The van der Waals surface area contributed by atoms with Crippen molar-refractivity contribution in [2.24, 2.45) is 16.6 Å². The number of amidine groups is 1. The zero-order chi connectivity index (χ0) is 16.6. The molecular formula is C17H25ClN4S. The zero-order valence-electron chi connectivity index (χ0n) is 13.8. The van der Waals surface area contributed by atoms with E-state index >= 15 is 0 Å². The van der Waals surface area contributed by atoms with E-state index in [0.717, 1.165) is 47.8 Å². The largest absolute Gasteiger partial charge is 0.404 e. The van der Waals surface area contributed by atoms with Crippen LogP contribution >= 0.6 is 23.4 Å². The van der Waals surface area contributed by atoms with Crippen LogP contribution in [0.1, 0.15) is 39.5 Å². The molecule has 126 valence electrons. The van der Waals surface area contributed by atoms with Gasteiger partial charge in [0, 0.05) is 17.2 Å². The standard InChI is InChI=1S/C17H25ClN4S/c1-4-5-10(2)16-13(9-19)11(3)22(21-16)17-20-14-7-6-12(18)8-15(14)23-17/h7,9-10,12,15-16,21H,3-6,8,19H2,1-2H3/b13-9-. The molecule has 0 bridgehead atoms. The van der Waals surface area contributed by atoms with Crippen LogP contribution in [-0.4, -0.2) is 26.8 Å². The summed E-state index contributed by atoms with van der Waals surface area (Å²) in [6.07, 6.45) is 8.04. The number of nitrogens with one attached hydrogen (secondary N) is 1. The predicted molar refractivity (Wildman–Crippen MR) is 100 cm³/mol. The van der Waals surface area contributed by atoms with E-state index in [1.165, 1.54) is 0 Å². The first kappa shape index (κ1) is 16.9. The topological polar surface area (TPSA) is 53.6 Å². The van der Waals surface area contributed by atoms with E-state index < -0.39 is 0 Å². The fourth-order valence-corrected chi connectivity index (χ4v) is 5.10. The van der Waals surface area contributed by atoms with E-state index in [-0.39, 0.29) is 11.4 Å². The molecule has 0 amide bonds. The predicted octanol–water partition coefficient (Wildman–Crippen LogP) is 3.72. The first-order valence-corrected chi connectivity index (χ1v) is 9.63. The Labute approximate surface area is 147 Å². The van der Waals surface area contributed by atoms with E-state index in [1.807, 2.05) is 5.01 Å². The first-order valence-electron chi connectivity index (χ1n) is 8.32. The number of rotatable bonds is 3. The molecule has 23 heavy (non-hydrogen) atoms. The Morgan fingerprint density at radius 2 is 2.43 bits per heavy atom. The van der Waals surface area contributed by atoms with Gasteiger partial charge < -0.3 is 5.73 Å². The third-order valence-electron chi connectivity index (χ3n) is 4.75. The van der Waals surface area contributed by atoms with Crippen molar-refractivity contribution in [3.8, 4) is 0 Å². The summed E-state index contributed by atoms with van der Waals surface area (Å²) in [6, 6.07) is 0.202. The number of fused-ring (bicyclic) bond motifs is 1. The zero-order valence-corrected chi connectivity index (χ0v) is 15.3. The summed E-state index contributed by atoms with van der Waals surface area (Å²) in [6.45, 7) is 8.70. The average Bonchev–Trinajstić information content (AvgIpc) is 3.07. The van der Waals surface area contributed by atoms with Gasteiger partial charge in [-0.2, -0.15) is 0 Å². The lowest BCUT2D eigenvalue weighted by Crippen LogP contribution is -2.40. The third-order valence-corrected chi connectivity index (χ3v) is 6.30. The highest BCUT2D eigenvalue weighted by molar-refractivity contribution is 8.14. The van der Waals surface area contributed by atoms with E-state index in [1.54, 1.807) is 18.0 Å². The molecule has 1 fully saturated rings. The molecule has 3 aliphatic rings. The minimum atomic E-state index is 0.202. The van der Waals surface area contributed by atoms with Gasteiger partial charge in [0.25, 0.3) is 0 Å². The number of hydrazine groups is 1. The number of thioether (sulfide) groups is 1. The fraction of sp³-hybridized carbons (Fsp3) is 0.588. The minimum absolute atomic E-state index is 0.202. The summed E-state index contributed by atoms with van der Waals surface area (Å²) >= 11 is 8.05. The van der Waals surface area contributed by atoms with Gasteiger partial charge in [0.15, 0.2) is 5.17 Å².